The van der Waals surface area contributed by atoms with Gasteiger partial charge in [0.1, 0.15) is 11.6 Å². The molecule has 0 radical (unpaired) electrons. The number of nitrogens with zero attached hydrogens (tertiary/aromatic N) is 2. The Balaban J connectivity index is 2.14. The van der Waals surface area contributed by atoms with Gasteiger partial charge in [0.25, 0.3) is 0 Å². The number of nitrogens with one attached hydrogen (secondary N) is 1. The van der Waals surface area contributed by atoms with Gasteiger partial charge < -0.3 is 19.7 Å². The van der Waals surface area contributed by atoms with Crippen molar-refractivity contribution in [1.82, 2.24) is 10.2 Å². The first kappa shape index (κ1) is 30.3. The van der Waals surface area contributed by atoms with Crippen molar-refractivity contribution in [2.75, 3.05) is 19.7 Å². The molecule has 2 aromatic rings. The number of alkyl carbamates (subject to hydrolysis) is 1. The predicted molar refractivity (Wildman–Crippen MR) is 145 cm³/mol. The maximum Gasteiger partial charge on any atom is 0.408 e. The number of Topliss-reactive ketones (excluding diaryl/α,β-unsaturated/α-hetero) is 1. The summed E-state index contributed by atoms with van der Waals surface area (Å²) in [5.74, 6) is -3.79. The molecule has 0 unspecified atom stereocenters. The van der Waals surface area contributed by atoms with Crippen LogP contribution in [-0.4, -0.2) is 70.5 Å². The molecule has 2 aromatic carbocycles. The van der Waals surface area contributed by atoms with E-state index in [0.29, 0.717) is 11.1 Å². The Labute approximate surface area is 233 Å². The molecule has 1 fully saturated rings. The second-order valence-corrected chi connectivity index (χ2v) is 10.5. The van der Waals surface area contributed by atoms with Gasteiger partial charge in [-0.3, -0.25) is 19.7 Å². The molecule has 214 valence electrons. The SMILES string of the molecule is CCOC(=O)[C@]1([C@H](C[N+](=O)[O-])c2ccccc2)C(=O)CCN1C(=O)[C@H](Cc1ccccc1)NC(=O)OC(C)(C)C. The van der Waals surface area contributed by atoms with Crippen LogP contribution >= 0.6 is 0 Å². The van der Waals surface area contributed by atoms with Crippen LogP contribution in [-0.2, 0) is 30.3 Å². The first-order chi connectivity index (χ1) is 18.9. The fourth-order valence-corrected chi connectivity index (χ4v) is 5.01. The summed E-state index contributed by atoms with van der Waals surface area (Å²) < 4.78 is 10.7. The van der Waals surface area contributed by atoms with E-state index in [1.54, 1.807) is 88.4 Å². The molecule has 3 atom stereocenters. The molecular formula is C29H35N3O8. The Bertz CT molecular complexity index is 1230. The van der Waals surface area contributed by atoms with Crippen LogP contribution < -0.4 is 5.32 Å². The lowest BCUT2D eigenvalue weighted by Gasteiger charge is -2.40. The molecule has 0 saturated carbocycles. The molecule has 11 heteroatoms. The van der Waals surface area contributed by atoms with Crippen molar-refractivity contribution in [1.29, 1.82) is 0 Å². The van der Waals surface area contributed by atoms with Crippen molar-refractivity contribution >= 4 is 23.8 Å². The van der Waals surface area contributed by atoms with Gasteiger partial charge in [0.2, 0.25) is 18.0 Å². The van der Waals surface area contributed by atoms with E-state index < -0.39 is 58.3 Å². The van der Waals surface area contributed by atoms with E-state index in [2.05, 4.69) is 5.32 Å². The van der Waals surface area contributed by atoms with Crippen molar-refractivity contribution in [3.8, 4) is 0 Å². The van der Waals surface area contributed by atoms with E-state index >= 15 is 0 Å². The monoisotopic (exact) mass is 553 g/mol. The van der Waals surface area contributed by atoms with Crippen LogP contribution in [0, 0.1) is 10.1 Å². The normalized spacial score (nSPS) is 18.5. The summed E-state index contributed by atoms with van der Waals surface area (Å²) in [6, 6.07) is 15.7. The van der Waals surface area contributed by atoms with Gasteiger partial charge >= 0.3 is 12.1 Å². The number of ketones is 1. The number of rotatable bonds is 10. The minimum absolute atomic E-state index is 0.0216. The van der Waals surface area contributed by atoms with Gasteiger partial charge in [0.05, 0.1) is 12.5 Å². The number of benzene rings is 2. The van der Waals surface area contributed by atoms with Gasteiger partial charge in [0, 0.05) is 24.3 Å². The molecule has 0 aromatic heterocycles. The zero-order chi connectivity index (χ0) is 29.5. The summed E-state index contributed by atoms with van der Waals surface area (Å²) in [6.07, 6.45) is -1.05. The number of hydrogen-bond donors (Lipinski definition) is 1. The van der Waals surface area contributed by atoms with Crippen molar-refractivity contribution in [2.24, 2.45) is 0 Å². The van der Waals surface area contributed by atoms with Crippen LogP contribution in [0.5, 0.6) is 0 Å². The summed E-state index contributed by atoms with van der Waals surface area (Å²) in [6.45, 7) is 5.47. The highest BCUT2D eigenvalue weighted by atomic mass is 16.6. The lowest BCUT2D eigenvalue weighted by atomic mass is 9.75. The van der Waals surface area contributed by atoms with Gasteiger partial charge in [-0.2, -0.15) is 0 Å². The lowest BCUT2D eigenvalue weighted by Crippen LogP contribution is -2.65. The fraction of sp³-hybridized carbons (Fsp3) is 0.448. The Kier molecular flexibility index (Phi) is 9.62. The van der Waals surface area contributed by atoms with Crippen LogP contribution in [0.3, 0.4) is 0 Å². The number of likely N-dealkylation sites (tertiary alicyclic amines) is 1. The van der Waals surface area contributed by atoms with Crippen molar-refractivity contribution in [2.45, 2.75) is 63.6 Å². The topological polar surface area (TPSA) is 145 Å². The van der Waals surface area contributed by atoms with Gasteiger partial charge in [-0.05, 0) is 38.8 Å². The van der Waals surface area contributed by atoms with E-state index in [0.717, 1.165) is 4.90 Å². The molecule has 3 rings (SSSR count). The van der Waals surface area contributed by atoms with Crippen molar-refractivity contribution in [3.05, 3.63) is 81.9 Å². The molecule has 2 amide bonds. The van der Waals surface area contributed by atoms with Gasteiger partial charge in [-0.15, -0.1) is 0 Å². The molecule has 1 aliphatic rings. The third-order valence-electron chi connectivity index (χ3n) is 6.58. The molecule has 40 heavy (non-hydrogen) atoms. The van der Waals surface area contributed by atoms with Crippen LogP contribution in [0.1, 0.15) is 51.2 Å². The molecule has 1 heterocycles. The minimum atomic E-state index is -2.30. The van der Waals surface area contributed by atoms with E-state index in [1.807, 2.05) is 0 Å². The van der Waals surface area contributed by atoms with Gasteiger partial charge in [-0.25, -0.2) is 9.59 Å². The average molecular weight is 554 g/mol. The molecule has 11 nitrogen and oxygen atoms in total. The Morgan fingerprint density at radius 3 is 2.23 bits per heavy atom. The number of nitro groups is 1. The molecule has 0 bridgehead atoms. The summed E-state index contributed by atoms with van der Waals surface area (Å²) in [4.78, 5) is 66.8. The van der Waals surface area contributed by atoms with Gasteiger partial charge in [-0.1, -0.05) is 60.7 Å². The summed E-state index contributed by atoms with van der Waals surface area (Å²) in [7, 11) is 0. The highest BCUT2D eigenvalue weighted by Gasteiger charge is 2.64. The third-order valence-corrected chi connectivity index (χ3v) is 6.58. The van der Waals surface area contributed by atoms with Crippen LogP contribution in [0.15, 0.2) is 60.7 Å². The number of amides is 2. The fourth-order valence-electron chi connectivity index (χ4n) is 5.01. The Morgan fingerprint density at radius 1 is 1.07 bits per heavy atom. The summed E-state index contributed by atoms with van der Waals surface area (Å²) >= 11 is 0. The van der Waals surface area contributed by atoms with E-state index in [1.165, 1.54) is 0 Å². The molecule has 0 spiro atoms. The first-order valence-electron chi connectivity index (χ1n) is 13.1. The van der Waals surface area contributed by atoms with E-state index in [9.17, 15) is 29.3 Å². The number of carbonyl (C=O) groups excluding carboxylic acids is 4. The van der Waals surface area contributed by atoms with Crippen LogP contribution in [0.2, 0.25) is 0 Å². The number of hydrogen-bond acceptors (Lipinski definition) is 8. The molecule has 1 N–H and O–H groups in total. The number of ether oxygens (including phenoxy) is 2. The Morgan fingerprint density at radius 2 is 1.68 bits per heavy atom. The zero-order valence-corrected chi connectivity index (χ0v) is 23.1. The average Bonchev–Trinajstić information content (AvgIpc) is 3.24. The largest absolute Gasteiger partial charge is 0.464 e. The Hall–Kier alpha value is -4.28. The molecule has 1 saturated heterocycles. The minimum Gasteiger partial charge on any atom is -0.464 e. The highest BCUT2D eigenvalue weighted by Crippen LogP contribution is 2.41. The van der Waals surface area contributed by atoms with Crippen molar-refractivity contribution < 1.29 is 33.6 Å². The lowest BCUT2D eigenvalue weighted by molar-refractivity contribution is -0.485. The zero-order valence-electron chi connectivity index (χ0n) is 23.1. The second-order valence-electron chi connectivity index (χ2n) is 10.5. The summed E-state index contributed by atoms with van der Waals surface area (Å²) in [5.41, 5.74) is -2.12. The standard InChI is InChI=1S/C29H35N3O8/c1-5-39-26(35)29(22(19-32(37)38)21-14-10-7-11-15-21)24(33)16-17-31(29)25(34)23(18-20-12-8-6-9-13-20)30-27(36)40-28(2,3)4/h6-15,22-23H,5,16-19H2,1-4H3,(H,30,36)/t22-,23+,29+/m1/s1. The van der Waals surface area contributed by atoms with E-state index in [4.69, 9.17) is 9.47 Å². The van der Waals surface area contributed by atoms with E-state index in [-0.39, 0.29) is 26.0 Å². The van der Waals surface area contributed by atoms with Gasteiger partial charge in [0.15, 0.2) is 5.78 Å². The van der Waals surface area contributed by atoms with Crippen LogP contribution in [0.4, 0.5) is 4.79 Å². The molecule has 0 aliphatic carbocycles. The quantitative estimate of drug-likeness (QED) is 0.204. The molecular weight excluding hydrogens is 518 g/mol. The first-order valence-corrected chi connectivity index (χ1v) is 13.1. The third kappa shape index (κ3) is 6.83. The highest BCUT2D eigenvalue weighted by molar-refractivity contribution is 6.14. The predicted octanol–water partition coefficient (Wildman–Crippen LogP) is 3.29. The molecule has 1 aliphatic heterocycles. The number of carbonyl (C=O) groups is 4. The second kappa shape index (κ2) is 12.7. The smallest absolute Gasteiger partial charge is 0.408 e. The van der Waals surface area contributed by atoms with Crippen molar-refractivity contribution in [3.63, 3.8) is 0 Å². The maximum absolute atomic E-state index is 14.3. The van der Waals surface area contributed by atoms with Crippen LogP contribution in [0.25, 0.3) is 0 Å². The maximum atomic E-state index is 14.3. The summed E-state index contributed by atoms with van der Waals surface area (Å²) in [5, 5.41) is 14.5. The number of esters is 1.